The number of rotatable bonds is 4. The van der Waals surface area contributed by atoms with Gasteiger partial charge in [-0.1, -0.05) is 42.5 Å². The number of carbonyl (C=O) groups is 1. The second-order valence-electron chi connectivity index (χ2n) is 6.35. The molecule has 0 aliphatic carbocycles. The van der Waals surface area contributed by atoms with Crippen molar-refractivity contribution in [2.75, 3.05) is 0 Å². The first-order chi connectivity index (χ1) is 12.1. The Morgan fingerprint density at radius 3 is 2.36 bits per heavy atom. The van der Waals surface area contributed by atoms with Crippen molar-refractivity contribution in [3.8, 4) is 0 Å². The number of carbonyl (C=O) groups excluding carboxylic acids is 1. The molecular weight excluding hydrogens is 308 g/mol. The van der Waals surface area contributed by atoms with Crippen LogP contribution in [0.2, 0.25) is 0 Å². The summed E-state index contributed by atoms with van der Waals surface area (Å²) in [6.45, 7) is 6.12. The molecular formula is C22H22N2O. The third kappa shape index (κ3) is 3.77. The Balaban J connectivity index is 1.99. The average Bonchev–Trinajstić information content (AvgIpc) is 2.63. The van der Waals surface area contributed by atoms with Crippen LogP contribution < -0.4 is 5.32 Å². The quantitative estimate of drug-likeness (QED) is 0.764. The fourth-order valence-corrected chi connectivity index (χ4v) is 2.89. The number of hydrogen-bond donors (Lipinski definition) is 1. The van der Waals surface area contributed by atoms with Crippen LogP contribution >= 0.6 is 0 Å². The smallest absolute Gasteiger partial charge is 0.252 e. The van der Waals surface area contributed by atoms with Crippen LogP contribution in [0.25, 0.3) is 0 Å². The topological polar surface area (TPSA) is 42.0 Å². The first-order valence-corrected chi connectivity index (χ1v) is 8.40. The van der Waals surface area contributed by atoms with Crippen LogP contribution in [0.1, 0.15) is 44.2 Å². The molecule has 0 fully saturated rings. The zero-order valence-corrected chi connectivity index (χ0v) is 14.8. The Morgan fingerprint density at radius 1 is 0.880 bits per heavy atom. The Morgan fingerprint density at radius 2 is 1.68 bits per heavy atom. The van der Waals surface area contributed by atoms with Crippen molar-refractivity contribution in [1.82, 2.24) is 10.3 Å². The predicted molar refractivity (Wildman–Crippen MR) is 101 cm³/mol. The number of aryl methyl sites for hydroxylation is 3. The van der Waals surface area contributed by atoms with Crippen LogP contribution in [-0.2, 0) is 0 Å². The van der Waals surface area contributed by atoms with Gasteiger partial charge >= 0.3 is 0 Å². The van der Waals surface area contributed by atoms with Gasteiger partial charge in [-0.3, -0.25) is 9.78 Å². The maximum Gasteiger partial charge on any atom is 0.252 e. The summed E-state index contributed by atoms with van der Waals surface area (Å²) >= 11 is 0. The van der Waals surface area contributed by atoms with Crippen molar-refractivity contribution in [2.45, 2.75) is 26.8 Å². The minimum absolute atomic E-state index is 0.0785. The minimum Gasteiger partial charge on any atom is -0.341 e. The summed E-state index contributed by atoms with van der Waals surface area (Å²) < 4.78 is 0. The highest BCUT2D eigenvalue weighted by molar-refractivity contribution is 5.96. The second-order valence-corrected chi connectivity index (χ2v) is 6.35. The van der Waals surface area contributed by atoms with Crippen molar-refractivity contribution < 1.29 is 4.79 Å². The van der Waals surface area contributed by atoms with Gasteiger partial charge in [-0.15, -0.1) is 0 Å². The summed E-state index contributed by atoms with van der Waals surface area (Å²) in [6, 6.07) is 17.6. The van der Waals surface area contributed by atoms with Gasteiger partial charge in [-0.25, -0.2) is 0 Å². The molecule has 3 aromatic rings. The van der Waals surface area contributed by atoms with E-state index in [1.165, 1.54) is 11.1 Å². The van der Waals surface area contributed by atoms with E-state index in [0.717, 1.165) is 16.7 Å². The number of nitrogens with one attached hydrogen (secondary N) is 1. The molecule has 1 heterocycles. The normalized spacial score (nSPS) is 11.8. The summed E-state index contributed by atoms with van der Waals surface area (Å²) in [6.07, 6.45) is 3.54. The maximum absolute atomic E-state index is 12.8. The standard InChI is InChI=1S/C22H22N2O/c1-15-10-11-18(13-17(15)3)21(19-8-6-12-23-14-19)24-22(25)20-9-5-4-7-16(20)2/h4-14,21H,1-3H3,(H,24,25). The van der Waals surface area contributed by atoms with E-state index < -0.39 is 0 Å². The van der Waals surface area contributed by atoms with E-state index >= 15 is 0 Å². The third-order valence-corrected chi connectivity index (χ3v) is 4.55. The van der Waals surface area contributed by atoms with E-state index in [1.54, 1.807) is 12.4 Å². The van der Waals surface area contributed by atoms with E-state index in [2.05, 4.69) is 42.3 Å². The number of amides is 1. The first-order valence-electron chi connectivity index (χ1n) is 8.40. The van der Waals surface area contributed by atoms with E-state index in [9.17, 15) is 4.79 Å². The lowest BCUT2D eigenvalue weighted by Crippen LogP contribution is -2.30. The van der Waals surface area contributed by atoms with Crippen LogP contribution in [-0.4, -0.2) is 10.9 Å². The lowest BCUT2D eigenvalue weighted by atomic mass is 9.96. The SMILES string of the molecule is Cc1ccc(C(NC(=O)c2ccccc2C)c2cccnc2)cc1C. The van der Waals surface area contributed by atoms with Crippen LogP contribution in [0.3, 0.4) is 0 Å². The third-order valence-electron chi connectivity index (χ3n) is 4.55. The van der Waals surface area contributed by atoms with Gasteiger partial charge in [0.1, 0.15) is 0 Å². The van der Waals surface area contributed by atoms with Gasteiger partial charge in [-0.2, -0.15) is 0 Å². The zero-order chi connectivity index (χ0) is 17.8. The summed E-state index contributed by atoms with van der Waals surface area (Å²) in [5.41, 5.74) is 6.12. The highest BCUT2D eigenvalue weighted by atomic mass is 16.1. The highest BCUT2D eigenvalue weighted by Gasteiger charge is 2.19. The molecule has 25 heavy (non-hydrogen) atoms. The van der Waals surface area contributed by atoms with Gasteiger partial charge in [0.25, 0.3) is 5.91 Å². The minimum atomic E-state index is -0.236. The van der Waals surface area contributed by atoms with Crippen LogP contribution in [0.5, 0.6) is 0 Å². The van der Waals surface area contributed by atoms with Crippen LogP contribution in [0, 0.1) is 20.8 Å². The van der Waals surface area contributed by atoms with Crippen molar-refractivity contribution in [3.63, 3.8) is 0 Å². The molecule has 1 atom stereocenters. The van der Waals surface area contributed by atoms with Crippen molar-refractivity contribution in [3.05, 3.63) is 100 Å². The van der Waals surface area contributed by atoms with Crippen molar-refractivity contribution in [1.29, 1.82) is 0 Å². The highest BCUT2D eigenvalue weighted by Crippen LogP contribution is 2.24. The van der Waals surface area contributed by atoms with Gasteiger partial charge in [0.05, 0.1) is 6.04 Å². The van der Waals surface area contributed by atoms with Crippen molar-refractivity contribution in [2.24, 2.45) is 0 Å². The fourth-order valence-electron chi connectivity index (χ4n) is 2.89. The monoisotopic (exact) mass is 330 g/mol. The van der Waals surface area contributed by atoms with E-state index in [-0.39, 0.29) is 11.9 Å². The largest absolute Gasteiger partial charge is 0.341 e. The molecule has 0 saturated carbocycles. The van der Waals surface area contributed by atoms with Gasteiger partial charge in [0, 0.05) is 18.0 Å². The summed E-state index contributed by atoms with van der Waals surface area (Å²) in [5, 5.41) is 3.17. The number of hydrogen-bond acceptors (Lipinski definition) is 2. The van der Waals surface area contributed by atoms with Crippen molar-refractivity contribution >= 4 is 5.91 Å². The molecule has 2 aromatic carbocycles. The Bertz CT molecular complexity index is 888. The number of nitrogens with zero attached hydrogens (tertiary/aromatic N) is 1. The van der Waals surface area contributed by atoms with E-state index in [0.29, 0.717) is 5.56 Å². The summed E-state index contributed by atoms with van der Waals surface area (Å²) in [5.74, 6) is -0.0785. The molecule has 126 valence electrons. The van der Waals surface area contributed by atoms with Gasteiger partial charge in [0.15, 0.2) is 0 Å². The Hall–Kier alpha value is -2.94. The van der Waals surface area contributed by atoms with Gasteiger partial charge < -0.3 is 5.32 Å². The first kappa shape index (κ1) is 16.9. The molecule has 0 aliphatic rings. The number of aromatic nitrogens is 1. The molecule has 0 radical (unpaired) electrons. The molecule has 0 spiro atoms. The lowest BCUT2D eigenvalue weighted by molar-refractivity contribution is 0.0942. The zero-order valence-electron chi connectivity index (χ0n) is 14.8. The van der Waals surface area contributed by atoms with Crippen LogP contribution in [0.15, 0.2) is 67.0 Å². The fraction of sp³-hybridized carbons (Fsp3) is 0.182. The Labute approximate surface area is 148 Å². The maximum atomic E-state index is 12.8. The van der Waals surface area contributed by atoms with E-state index in [1.807, 2.05) is 43.3 Å². The van der Waals surface area contributed by atoms with Crippen LogP contribution in [0.4, 0.5) is 0 Å². The molecule has 1 aromatic heterocycles. The molecule has 1 N–H and O–H groups in total. The molecule has 0 bridgehead atoms. The lowest BCUT2D eigenvalue weighted by Gasteiger charge is -2.21. The van der Waals surface area contributed by atoms with Gasteiger partial charge in [0.2, 0.25) is 0 Å². The number of pyridine rings is 1. The molecule has 3 rings (SSSR count). The predicted octanol–water partition coefficient (Wildman–Crippen LogP) is 4.53. The number of benzene rings is 2. The van der Waals surface area contributed by atoms with E-state index in [4.69, 9.17) is 0 Å². The molecule has 0 saturated heterocycles. The summed E-state index contributed by atoms with van der Waals surface area (Å²) in [7, 11) is 0. The molecule has 3 nitrogen and oxygen atoms in total. The molecule has 1 unspecified atom stereocenters. The Kier molecular flexibility index (Phi) is 4.94. The average molecular weight is 330 g/mol. The summed E-state index contributed by atoms with van der Waals surface area (Å²) in [4.78, 5) is 17.1. The second kappa shape index (κ2) is 7.31. The molecule has 3 heteroatoms. The van der Waals surface area contributed by atoms with Gasteiger partial charge in [-0.05, 0) is 60.7 Å². The molecule has 0 aliphatic heterocycles. The molecule has 1 amide bonds.